The molecule has 1 aliphatic rings. The molecule has 1 atom stereocenters. The van der Waals surface area contributed by atoms with E-state index in [1.54, 1.807) is 0 Å². The number of β-amino-alcohol motifs (C(OH)–C–C–N with tert-alkyl or cyclic N) is 1. The number of hydrogen-bond acceptors (Lipinski definition) is 3. The van der Waals surface area contributed by atoms with E-state index >= 15 is 0 Å². The van der Waals surface area contributed by atoms with E-state index in [1.165, 1.54) is 0 Å². The Morgan fingerprint density at radius 2 is 2.71 bits per heavy atom. The molecule has 0 aromatic carbocycles. The number of carbonyl (C=O) groups excluding carboxylic acids is 1. The van der Waals surface area contributed by atoms with Crippen molar-refractivity contribution in [2.24, 2.45) is 0 Å². The highest BCUT2D eigenvalue weighted by molar-refractivity contribution is 8.14. The Morgan fingerprint density at radius 1 is 2.00 bits per heavy atom. The largest absolute Gasteiger partial charge is 0.380 e. The average molecular weight is 119 g/mol. The number of hydrogen-bond donors (Lipinski definition) is 2. The molecule has 1 rings (SSSR count). The van der Waals surface area contributed by atoms with Crippen molar-refractivity contribution in [1.82, 2.24) is 5.32 Å². The first-order valence-corrected chi connectivity index (χ1v) is 2.79. The minimum atomic E-state index is -0.521. The second-order valence-electron chi connectivity index (χ2n) is 1.24. The zero-order chi connectivity index (χ0) is 5.28. The monoisotopic (exact) mass is 119 g/mol. The molecule has 4 heteroatoms. The Hall–Kier alpha value is -0.220. The van der Waals surface area contributed by atoms with Crippen LogP contribution in [0.1, 0.15) is 0 Å². The van der Waals surface area contributed by atoms with Crippen molar-refractivity contribution in [3.05, 3.63) is 0 Å². The van der Waals surface area contributed by atoms with Crippen LogP contribution < -0.4 is 5.32 Å². The fourth-order valence-electron chi connectivity index (χ4n) is 0.378. The number of rotatable bonds is 0. The molecule has 1 saturated heterocycles. The highest BCUT2D eigenvalue weighted by atomic mass is 32.2. The van der Waals surface area contributed by atoms with Crippen molar-refractivity contribution in [3.63, 3.8) is 0 Å². The molecule has 0 radical (unpaired) electrons. The molecule has 2 N–H and O–H groups in total. The summed E-state index contributed by atoms with van der Waals surface area (Å²) < 4.78 is 0. The Kier molecular flexibility index (Phi) is 1.21. The summed E-state index contributed by atoms with van der Waals surface area (Å²) in [6, 6.07) is 0. The molecule has 0 aromatic heterocycles. The lowest BCUT2D eigenvalue weighted by atomic mass is 10.7. The summed E-state index contributed by atoms with van der Waals surface area (Å²) >= 11 is 0.926. The van der Waals surface area contributed by atoms with E-state index in [0.29, 0.717) is 6.54 Å². The summed E-state index contributed by atoms with van der Waals surface area (Å²) in [7, 11) is 0. The molecule has 1 unspecified atom stereocenters. The van der Waals surface area contributed by atoms with Gasteiger partial charge in [0.1, 0.15) is 5.44 Å². The van der Waals surface area contributed by atoms with Gasteiger partial charge in [-0.1, -0.05) is 0 Å². The average Bonchev–Trinajstić information content (AvgIpc) is 1.87. The lowest BCUT2D eigenvalue weighted by Gasteiger charge is -1.87. The van der Waals surface area contributed by atoms with E-state index in [4.69, 9.17) is 5.11 Å². The predicted octanol–water partition coefficient (Wildman–Crippen LogP) is -0.239. The second kappa shape index (κ2) is 1.71. The van der Waals surface area contributed by atoms with Gasteiger partial charge in [-0.2, -0.15) is 0 Å². The van der Waals surface area contributed by atoms with Crippen molar-refractivity contribution in [2.45, 2.75) is 5.44 Å². The van der Waals surface area contributed by atoms with Gasteiger partial charge in [-0.15, -0.1) is 0 Å². The van der Waals surface area contributed by atoms with Crippen LogP contribution >= 0.6 is 11.8 Å². The van der Waals surface area contributed by atoms with E-state index in [9.17, 15) is 4.79 Å². The van der Waals surface area contributed by atoms with Gasteiger partial charge in [0.2, 0.25) is 0 Å². The van der Waals surface area contributed by atoms with Crippen molar-refractivity contribution in [2.75, 3.05) is 6.54 Å². The Bertz CT molecular complexity index is 94.9. The third-order valence-electron chi connectivity index (χ3n) is 0.664. The molecule has 0 aliphatic carbocycles. The number of aliphatic hydroxyl groups excluding tert-OH is 1. The quantitative estimate of drug-likeness (QED) is 0.462. The van der Waals surface area contributed by atoms with E-state index in [1.807, 2.05) is 0 Å². The Morgan fingerprint density at radius 3 is 2.86 bits per heavy atom. The zero-order valence-electron chi connectivity index (χ0n) is 3.55. The van der Waals surface area contributed by atoms with Crippen LogP contribution in [0.15, 0.2) is 0 Å². The van der Waals surface area contributed by atoms with Gasteiger partial charge in [0.25, 0.3) is 5.24 Å². The van der Waals surface area contributed by atoms with Gasteiger partial charge < -0.3 is 10.4 Å². The minimum Gasteiger partial charge on any atom is -0.380 e. The topological polar surface area (TPSA) is 49.3 Å². The lowest BCUT2D eigenvalue weighted by Crippen LogP contribution is -2.13. The number of amides is 1. The third-order valence-corrected chi connectivity index (χ3v) is 1.46. The standard InChI is InChI=1S/C3H5NO2S/c5-2-1-4-3(6)7-2/h2,5H,1H2,(H,4,6). The molecule has 7 heavy (non-hydrogen) atoms. The van der Waals surface area contributed by atoms with Gasteiger partial charge in [-0.3, -0.25) is 4.79 Å². The van der Waals surface area contributed by atoms with Crippen molar-refractivity contribution < 1.29 is 9.90 Å². The highest BCUT2D eigenvalue weighted by Crippen LogP contribution is 2.13. The van der Waals surface area contributed by atoms with Gasteiger partial charge in [-0.25, -0.2) is 0 Å². The van der Waals surface area contributed by atoms with Crippen LogP contribution in [0.25, 0.3) is 0 Å². The van der Waals surface area contributed by atoms with Crippen LogP contribution in [-0.2, 0) is 0 Å². The van der Waals surface area contributed by atoms with E-state index < -0.39 is 5.44 Å². The fourth-order valence-corrected chi connectivity index (χ4v) is 0.958. The Labute approximate surface area is 45.1 Å². The summed E-state index contributed by atoms with van der Waals surface area (Å²) in [4.78, 5) is 10.1. The smallest absolute Gasteiger partial charge is 0.281 e. The van der Waals surface area contributed by atoms with Crippen LogP contribution in [0.5, 0.6) is 0 Å². The first-order valence-electron chi connectivity index (χ1n) is 1.91. The van der Waals surface area contributed by atoms with Crippen LogP contribution in [0.4, 0.5) is 4.79 Å². The normalized spacial score (nSPS) is 30.4. The molecule has 1 fully saturated rings. The summed E-state index contributed by atoms with van der Waals surface area (Å²) in [6.45, 7) is 0.392. The van der Waals surface area contributed by atoms with Gasteiger partial charge in [0.15, 0.2) is 0 Å². The molecule has 1 aliphatic heterocycles. The molecule has 0 saturated carbocycles. The van der Waals surface area contributed by atoms with Crippen molar-refractivity contribution >= 4 is 17.0 Å². The van der Waals surface area contributed by atoms with E-state index in [0.717, 1.165) is 11.8 Å². The molecule has 1 amide bonds. The molecule has 1 heterocycles. The van der Waals surface area contributed by atoms with Crippen molar-refractivity contribution in [1.29, 1.82) is 0 Å². The number of nitrogens with one attached hydrogen (secondary N) is 1. The highest BCUT2D eigenvalue weighted by Gasteiger charge is 2.18. The molecular weight excluding hydrogens is 114 g/mol. The maximum atomic E-state index is 10.1. The first kappa shape index (κ1) is 4.93. The van der Waals surface area contributed by atoms with Gasteiger partial charge in [0.05, 0.1) is 6.54 Å². The van der Waals surface area contributed by atoms with Crippen LogP contribution in [0, 0.1) is 0 Å². The summed E-state index contributed by atoms with van der Waals surface area (Å²) in [6.07, 6.45) is 0. The second-order valence-corrected chi connectivity index (χ2v) is 2.39. The third kappa shape index (κ3) is 1.07. The molecule has 3 nitrogen and oxygen atoms in total. The summed E-state index contributed by atoms with van der Waals surface area (Å²) in [5, 5.41) is 10.9. The summed E-state index contributed by atoms with van der Waals surface area (Å²) in [5.74, 6) is 0. The number of aliphatic hydroxyl groups is 1. The van der Waals surface area contributed by atoms with Gasteiger partial charge in [-0.05, 0) is 11.8 Å². The van der Waals surface area contributed by atoms with E-state index in [2.05, 4.69) is 5.32 Å². The molecule has 0 aromatic rings. The van der Waals surface area contributed by atoms with Crippen LogP contribution in [0.3, 0.4) is 0 Å². The Balaban J connectivity index is 2.40. The molecule has 0 spiro atoms. The van der Waals surface area contributed by atoms with Crippen molar-refractivity contribution in [3.8, 4) is 0 Å². The zero-order valence-corrected chi connectivity index (χ0v) is 4.36. The molecular formula is C3H5NO2S. The van der Waals surface area contributed by atoms with Gasteiger partial charge >= 0.3 is 0 Å². The molecule has 40 valence electrons. The maximum absolute atomic E-state index is 10.1. The maximum Gasteiger partial charge on any atom is 0.281 e. The van der Waals surface area contributed by atoms with E-state index in [-0.39, 0.29) is 5.24 Å². The number of thioether (sulfide) groups is 1. The lowest BCUT2D eigenvalue weighted by molar-refractivity contribution is 0.255. The predicted molar refractivity (Wildman–Crippen MR) is 27.0 cm³/mol. The number of carbonyl (C=O) groups is 1. The molecule has 0 bridgehead atoms. The SMILES string of the molecule is O=C1NCC(O)S1. The first-order chi connectivity index (χ1) is 3.29. The van der Waals surface area contributed by atoms with Crippen LogP contribution in [-0.4, -0.2) is 22.3 Å². The van der Waals surface area contributed by atoms with Crippen LogP contribution in [0.2, 0.25) is 0 Å². The van der Waals surface area contributed by atoms with Gasteiger partial charge in [0, 0.05) is 0 Å². The minimum absolute atomic E-state index is 0.132. The fraction of sp³-hybridized carbons (Fsp3) is 0.667. The summed E-state index contributed by atoms with van der Waals surface area (Å²) in [5.41, 5.74) is -0.521.